The normalized spacial score (nSPS) is 16.7. The zero-order chi connectivity index (χ0) is 26.9. The highest BCUT2D eigenvalue weighted by Gasteiger charge is 2.29. The Morgan fingerprint density at radius 2 is 1.77 bits per heavy atom. The first-order chi connectivity index (χ1) is 19.0. The Kier molecular flexibility index (Phi) is 6.48. The molecule has 1 aliphatic rings. The van der Waals surface area contributed by atoms with Crippen LogP contribution in [0.3, 0.4) is 0 Å². The summed E-state index contributed by atoms with van der Waals surface area (Å²) in [4.78, 5) is 13.1. The molecule has 0 saturated carbocycles. The number of amides is 2. The van der Waals surface area contributed by atoms with Crippen LogP contribution in [-0.4, -0.2) is 30.4 Å². The van der Waals surface area contributed by atoms with Crippen molar-refractivity contribution < 1.29 is 9.53 Å². The molecule has 9 nitrogen and oxygen atoms in total. The highest BCUT2D eigenvalue weighted by Crippen LogP contribution is 2.39. The first-order valence-corrected chi connectivity index (χ1v) is 13.2. The van der Waals surface area contributed by atoms with E-state index in [9.17, 15) is 4.79 Å². The third-order valence-electron chi connectivity index (χ3n) is 7.10. The lowest BCUT2D eigenvalue weighted by Crippen LogP contribution is -2.36. The summed E-state index contributed by atoms with van der Waals surface area (Å²) in [5.41, 5.74) is 4.98. The van der Waals surface area contributed by atoms with E-state index in [4.69, 9.17) is 4.74 Å². The van der Waals surface area contributed by atoms with Crippen LogP contribution in [0.15, 0.2) is 79.1 Å². The predicted octanol–water partition coefficient (Wildman–Crippen LogP) is 6.12. The summed E-state index contributed by atoms with van der Waals surface area (Å²) in [7, 11) is 0. The molecule has 0 spiro atoms. The van der Waals surface area contributed by atoms with Crippen molar-refractivity contribution in [3.63, 3.8) is 0 Å². The van der Waals surface area contributed by atoms with E-state index >= 15 is 0 Å². The van der Waals surface area contributed by atoms with E-state index < -0.39 is 0 Å². The van der Waals surface area contributed by atoms with Crippen molar-refractivity contribution in [2.45, 2.75) is 51.7 Å². The van der Waals surface area contributed by atoms with E-state index in [1.807, 2.05) is 66.1 Å². The molecule has 0 fully saturated rings. The number of fused-ring (bicyclic) bond motifs is 2. The fraction of sp³-hybridized carbons (Fsp3) is 0.267. The van der Waals surface area contributed by atoms with Crippen LogP contribution in [-0.2, 0) is 0 Å². The summed E-state index contributed by atoms with van der Waals surface area (Å²) in [6, 6.07) is 21.4. The molecule has 2 aromatic carbocycles. The summed E-state index contributed by atoms with van der Waals surface area (Å²) in [5.74, 6) is 2.52. The molecule has 9 heteroatoms. The number of ether oxygens (including phenoxy) is 1. The van der Waals surface area contributed by atoms with Crippen LogP contribution in [0.2, 0.25) is 0 Å². The predicted molar refractivity (Wildman–Crippen MR) is 149 cm³/mol. The van der Waals surface area contributed by atoms with Crippen molar-refractivity contribution in [3.05, 3.63) is 102 Å². The molecule has 2 amide bonds. The maximum atomic E-state index is 13.1. The number of hydrogen-bond acceptors (Lipinski definition) is 5. The molecular weight excluding hydrogens is 490 g/mol. The molecule has 0 unspecified atom stereocenters. The molecular formula is C30H31N7O2. The van der Waals surface area contributed by atoms with Gasteiger partial charge < -0.3 is 10.1 Å². The van der Waals surface area contributed by atoms with Crippen molar-refractivity contribution >= 4 is 17.5 Å². The molecule has 6 rings (SSSR count). The molecule has 0 saturated heterocycles. The van der Waals surface area contributed by atoms with Crippen molar-refractivity contribution in [1.82, 2.24) is 29.7 Å². The number of hydrogen-bond donors (Lipinski definition) is 2. The number of benzene rings is 2. The monoisotopic (exact) mass is 521 g/mol. The molecule has 3 heterocycles. The topological polar surface area (TPSA) is 98.4 Å². The SMILES string of the molecule is Cc1ccc(-n2nccc2NC(=O)N[C@H]2CC[C@@H](Oc3ccc4nnc(C(C)C)n4c3)c3ccccc32)cc1. The number of pyridine rings is 1. The first-order valence-electron chi connectivity index (χ1n) is 13.2. The van der Waals surface area contributed by atoms with Crippen LogP contribution in [0.4, 0.5) is 10.6 Å². The fourth-order valence-corrected chi connectivity index (χ4v) is 5.14. The lowest BCUT2D eigenvalue weighted by atomic mass is 9.85. The van der Waals surface area contributed by atoms with Crippen molar-refractivity contribution in [3.8, 4) is 11.4 Å². The minimum atomic E-state index is -0.276. The van der Waals surface area contributed by atoms with Gasteiger partial charge in [0.15, 0.2) is 5.65 Å². The second kappa shape index (κ2) is 10.2. The van der Waals surface area contributed by atoms with E-state index in [-0.39, 0.29) is 24.1 Å². The number of carbonyl (C=O) groups is 1. The Hall–Kier alpha value is -4.66. The van der Waals surface area contributed by atoms with Gasteiger partial charge in [0.2, 0.25) is 0 Å². The fourth-order valence-electron chi connectivity index (χ4n) is 5.14. The lowest BCUT2D eigenvalue weighted by Gasteiger charge is -2.32. The molecule has 2 atom stereocenters. The van der Waals surface area contributed by atoms with Gasteiger partial charge in [-0.05, 0) is 55.2 Å². The maximum Gasteiger partial charge on any atom is 0.320 e. The number of aromatic nitrogens is 5. The Labute approximate surface area is 226 Å². The zero-order valence-electron chi connectivity index (χ0n) is 22.2. The van der Waals surface area contributed by atoms with E-state index in [0.717, 1.165) is 52.4 Å². The number of anilines is 1. The lowest BCUT2D eigenvalue weighted by molar-refractivity contribution is 0.171. The summed E-state index contributed by atoms with van der Waals surface area (Å²) in [6.07, 6.45) is 5.03. The van der Waals surface area contributed by atoms with Crippen LogP contribution < -0.4 is 15.4 Å². The highest BCUT2D eigenvalue weighted by atomic mass is 16.5. The van der Waals surface area contributed by atoms with Crippen molar-refractivity contribution in [2.24, 2.45) is 0 Å². The number of carbonyl (C=O) groups excluding carboxylic acids is 1. The molecule has 39 heavy (non-hydrogen) atoms. The minimum Gasteiger partial charge on any atom is -0.484 e. The number of urea groups is 1. The van der Waals surface area contributed by atoms with Gasteiger partial charge in [-0.3, -0.25) is 9.72 Å². The van der Waals surface area contributed by atoms with Gasteiger partial charge in [-0.25, -0.2) is 9.48 Å². The third-order valence-corrected chi connectivity index (χ3v) is 7.10. The summed E-state index contributed by atoms with van der Waals surface area (Å²) in [5, 5.41) is 19.1. The summed E-state index contributed by atoms with van der Waals surface area (Å²) >= 11 is 0. The van der Waals surface area contributed by atoms with Crippen LogP contribution in [0, 0.1) is 6.92 Å². The molecule has 198 valence electrons. The minimum absolute atomic E-state index is 0.123. The van der Waals surface area contributed by atoms with Gasteiger partial charge in [0.1, 0.15) is 23.5 Å². The van der Waals surface area contributed by atoms with Gasteiger partial charge in [0, 0.05) is 12.0 Å². The summed E-state index contributed by atoms with van der Waals surface area (Å²) < 4.78 is 10.2. The Morgan fingerprint density at radius 1 is 0.974 bits per heavy atom. The summed E-state index contributed by atoms with van der Waals surface area (Å²) in [6.45, 7) is 6.23. The molecule has 0 bridgehead atoms. The molecule has 1 aliphatic carbocycles. The van der Waals surface area contributed by atoms with Crippen LogP contribution in [0.5, 0.6) is 5.75 Å². The molecule has 5 aromatic rings. The van der Waals surface area contributed by atoms with Gasteiger partial charge >= 0.3 is 6.03 Å². The second-order valence-corrected chi connectivity index (χ2v) is 10.2. The first kappa shape index (κ1) is 24.7. The Bertz CT molecular complexity index is 1620. The number of nitrogens with one attached hydrogen (secondary N) is 2. The number of rotatable bonds is 6. The van der Waals surface area contributed by atoms with Crippen LogP contribution in [0.1, 0.15) is 67.3 Å². The van der Waals surface area contributed by atoms with Crippen molar-refractivity contribution in [2.75, 3.05) is 5.32 Å². The van der Waals surface area contributed by atoms with E-state index in [0.29, 0.717) is 5.82 Å². The Balaban J connectivity index is 1.18. The van der Waals surface area contributed by atoms with Gasteiger partial charge in [0.05, 0.1) is 24.1 Å². The maximum absolute atomic E-state index is 13.1. The molecule has 2 N–H and O–H groups in total. The van der Waals surface area contributed by atoms with E-state index in [1.165, 1.54) is 0 Å². The van der Waals surface area contributed by atoms with Crippen molar-refractivity contribution in [1.29, 1.82) is 0 Å². The average molecular weight is 522 g/mol. The van der Waals surface area contributed by atoms with Gasteiger partial charge in [-0.15, -0.1) is 10.2 Å². The quantitative estimate of drug-likeness (QED) is 0.280. The number of nitrogens with zero attached hydrogens (tertiary/aromatic N) is 5. The molecule has 0 aliphatic heterocycles. The average Bonchev–Trinajstić information content (AvgIpc) is 3.57. The Morgan fingerprint density at radius 3 is 2.56 bits per heavy atom. The highest BCUT2D eigenvalue weighted by molar-refractivity contribution is 5.89. The number of aryl methyl sites for hydroxylation is 1. The molecule has 0 radical (unpaired) electrons. The van der Waals surface area contributed by atoms with E-state index in [2.05, 4.69) is 51.9 Å². The van der Waals surface area contributed by atoms with Crippen LogP contribution >= 0.6 is 0 Å². The van der Waals surface area contributed by atoms with E-state index in [1.54, 1.807) is 16.9 Å². The van der Waals surface area contributed by atoms with Gasteiger partial charge in [-0.2, -0.15) is 5.10 Å². The van der Waals surface area contributed by atoms with Gasteiger partial charge in [-0.1, -0.05) is 55.8 Å². The standard InChI is InChI=1S/C30H31N7O2/c1-19(2)29-35-34-28-15-12-22(18-36(28)29)39-26-14-13-25(23-6-4-5-7-24(23)26)32-30(38)33-27-16-17-31-37(27)21-10-8-20(3)9-11-21/h4-12,15-19,25-26H,13-14H2,1-3H3,(H2,32,33,38)/t25-,26+/m0/s1. The zero-order valence-corrected chi connectivity index (χ0v) is 22.2. The van der Waals surface area contributed by atoms with Gasteiger partial charge in [0.25, 0.3) is 0 Å². The molecule has 3 aromatic heterocycles. The third kappa shape index (κ3) is 4.95. The largest absolute Gasteiger partial charge is 0.484 e. The van der Waals surface area contributed by atoms with Crippen LogP contribution in [0.25, 0.3) is 11.3 Å². The smallest absolute Gasteiger partial charge is 0.320 e. The second-order valence-electron chi connectivity index (χ2n) is 10.2.